The average molecular weight is 640 g/mol. The Balaban J connectivity index is 1.08. The fourth-order valence-corrected chi connectivity index (χ4v) is 6.93. The predicted octanol–water partition coefficient (Wildman–Crippen LogP) is 13.7. The monoisotopic (exact) mass is 639 g/mol. The van der Waals surface area contributed by atoms with Crippen LogP contribution in [0.5, 0.6) is 0 Å². The molecule has 0 fully saturated rings. The summed E-state index contributed by atoms with van der Waals surface area (Å²) in [6, 6.07) is 71.1. The van der Waals surface area contributed by atoms with Crippen LogP contribution in [0, 0.1) is 0 Å². The summed E-state index contributed by atoms with van der Waals surface area (Å²) in [5.41, 5.74) is 12.4. The largest absolute Gasteiger partial charge is 0.456 e. The van der Waals surface area contributed by atoms with E-state index in [-0.39, 0.29) is 0 Å². The summed E-state index contributed by atoms with van der Waals surface area (Å²) in [7, 11) is 0. The van der Waals surface area contributed by atoms with E-state index in [4.69, 9.17) is 4.42 Å². The van der Waals surface area contributed by atoms with Gasteiger partial charge in [-0.05, 0) is 98.8 Å². The van der Waals surface area contributed by atoms with Crippen LogP contribution < -0.4 is 4.90 Å². The van der Waals surface area contributed by atoms with Crippen molar-refractivity contribution in [2.75, 3.05) is 4.90 Å². The van der Waals surface area contributed by atoms with Crippen LogP contribution in [0.1, 0.15) is 0 Å². The first kappa shape index (κ1) is 29.5. The van der Waals surface area contributed by atoms with Gasteiger partial charge in [0.15, 0.2) is 0 Å². The van der Waals surface area contributed by atoms with Gasteiger partial charge in [-0.2, -0.15) is 0 Å². The summed E-state index contributed by atoms with van der Waals surface area (Å²) in [4.78, 5) is 2.33. The van der Waals surface area contributed by atoms with Crippen LogP contribution in [-0.4, -0.2) is 0 Å². The summed E-state index contributed by atoms with van der Waals surface area (Å²) >= 11 is 0. The Morgan fingerprint density at radius 1 is 0.320 bits per heavy atom. The van der Waals surface area contributed by atoms with Crippen molar-refractivity contribution in [3.8, 4) is 44.7 Å². The Labute approximate surface area is 292 Å². The first-order valence-electron chi connectivity index (χ1n) is 17.0. The van der Waals surface area contributed by atoms with Gasteiger partial charge in [-0.3, -0.25) is 0 Å². The number of hydrogen-bond donors (Lipinski definition) is 0. The molecule has 0 aliphatic heterocycles. The van der Waals surface area contributed by atoms with Gasteiger partial charge < -0.3 is 9.32 Å². The molecule has 9 aromatic rings. The van der Waals surface area contributed by atoms with Gasteiger partial charge in [-0.15, -0.1) is 0 Å². The van der Waals surface area contributed by atoms with E-state index >= 15 is 0 Å². The van der Waals surface area contributed by atoms with Gasteiger partial charge in [-0.25, -0.2) is 0 Å². The van der Waals surface area contributed by atoms with Gasteiger partial charge in [0.2, 0.25) is 0 Å². The van der Waals surface area contributed by atoms with Crippen molar-refractivity contribution in [1.82, 2.24) is 0 Å². The van der Waals surface area contributed by atoms with E-state index in [2.05, 4.69) is 187 Å². The molecule has 0 saturated carbocycles. The highest BCUT2D eigenvalue weighted by molar-refractivity contribution is 5.97. The Kier molecular flexibility index (Phi) is 7.53. The SMILES string of the molecule is c1ccc(-c2ccc(N(c3ccc(-c4cccc(-c5cc6ccccc6o5)c4)cc3)c3ccc(-c4cccc5ccccc45)cc3)cc2)cc1. The van der Waals surface area contributed by atoms with Crippen LogP contribution in [0.3, 0.4) is 0 Å². The molecule has 0 bridgehead atoms. The number of benzene rings is 8. The molecule has 2 heteroatoms. The van der Waals surface area contributed by atoms with E-state index in [0.717, 1.165) is 50.5 Å². The van der Waals surface area contributed by atoms with E-state index < -0.39 is 0 Å². The molecule has 0 radical (unpaired) electrons. The molecule has 1 heterocycles. The number of rotatable bonds is 7. The second-order valence-electron chi connectivity index (χ2n) is 12.6. The van der Waals surface area contributed by atoms with Crippen LogP contribution in [0.4, 0.5) is 17.1 Å². The second-order valence-corrected chi connectivity index (χ2v) is 12.6. The van der Waals surface area contributed by atoms with Crippen LogP contribution >= 0.6 is 0 Å². The minimum Gasteiger partial charge on any atom is -0.456 e. The molecule has 0 aliphatic carbocycles. The van der Waals surface area contributed by atoms with Crippen LogP contribution in [0.2, 0.25) is 0 Å². The van der Waals surface area contributed by atoms with Gasteiger partial charge in [0.25, 0.3) is 0 Å². The lowest BCUT2D eigenvalue weighted by molar-refractivity contribution is 0.631. The van der Waals surface area contributed by atoms with Crippen molar-refractivity contribution in [2.24, 2.45) is 0 Å². The highest BCUT2D eigenvalue weighted by Gasteiger charge is 2.15. The molecule has 8 aromatic carbocycles. The number of furan rings is 1. The Bertz CT molecular complexity index is 2530. The highest BCUT2D eigenvalue weighted by atomic mass is 16.3. The maximum Gasteiger partial charge on any atom is 0.135 e. The van der Waals surface area contributed by atoms with Gasteiger partial charge in [0, 0.05) is 28.0 Å². The standard InChI is InChI=1S/C48H33NO/c1-2-10-34(11-3-1)35-20-26-42(27-21-35)49(44-30-24-38(25-31-44)46-18-9-14-37-12-4-6-17-45(37)46)43-28-22-36(23-29-43)39-15-8-16-40(32-39)48-33-41-13-5-7-19-47(41)50-48/h1-33H. The molecule has 50 heavy (non-hydrogen) atoms. The minimum absolute atomic E-state index is 0.877. The van der Waals surface area contributed by atoms with E-state index in [0.29, 0.717) is 0 Å². The molecule has 2 nitrogen and oxygen atoms in total. The summed E-state index contributed by atoms with van der Waals surface area (Å²) in [6.07, 6.45) is 0. The molecule has 0 saturated heterocycles. The van der Waals surface area contributed by atoms with Gasteiger partial charge in [0.1, 0.15) is 11.3 Å². The third kappa shape index (κ3) is 5.63. The minimum atomic E-state index is 0.877. The number of hydrogen-bond acceptors (Lipinski definition) is 2. The molecule has 9 rings (SSSR count). The zero-order chi connectivity index (χ0) is 33.3. The van der Waals surface area contributed by atoms with E-state index in [1.807, 2.05) is 18.2 Å². The summed E-state index contributed by atoms with van der Waals surface area (Å²) in [5, 5.41) is 3.62. The normalized spacial score (nSPS) is 11.2. The van der Waals surface area contributed by atoms with Crippen molar-refractivity contribution < 1.29 is 4.42 Å². The zero-order valence-electron chi connectivity index (χ0n) is 27.4. The van der Waals surface area contributed by atoms with Crippen molar-refractivity contribution in [3.63, 3.8) is 0 Å². The lowest BCUT2D eigenvalue weighted by atomic mass is 9.98. The molecular weight excluding hydrogens is 607 g/mol. The highest BCUT2D eigenvalue weighted by Crippen LogP contribution is 2.39. The molecule has 0 unspecified atom stereocenters. The predicted molar refractivity (Wildman–Crippen MR) is 210 cm³/mol. The second kappa shape index (κ2) is 12.8. The first-order chi connectivity index (χ1) is 24.8. The summed E-state index contributed by atoms with van der Waals surface area (Å²) < 4.78 is 6.18. The number of anilines is 3. The Hall–Kier alpha value is -6.64. The third-order valence-electron chi connectivity index (χ3n) is 9.49. The summed E-state index contributed by atoms with van der Waals surface area (Å²) in [5.74, 6) is 0.877. The van der Waals surface area contributed by atoms with E-state index in [1.54, 1.807) is 0 Å². The first-order valence-corrected chi connectivity index (χ1v) is 17.0. The van der Waals surface area contributed by atoms with Crippen LogP contribution in [0.15, 0.2) is 205 Å². The quantitative estimate of drug-likeness (QED) is 0.173. The van der Waals surface area contributed by atoms with E-state index in [9.17, 15) is 0 Å². The maximum atomic E-state index is 6.18. The van der Waals surface area contributed by atoms with Gasteiger partial charge in [-0.1, -0.05) is 146 Å². The molecule has 0 aliphatic rings. The third-order valence-corrected chi connectivity index (χ3v) is 9.49. The van der Waals surface area contributed by atoms with Crippen molar-refractivity contribution >= 4 is 38.8 Å². The average Bonchev–Trinajstić information content (AvgIpc) is 3.64. The smallest absolute Gasteiger partial charge is 0.135 e. The Morgan fingerprint density at radius 3 is 1.52 bits per heavy atom. The molecule has 0 atom stereocenters. The number of para-hydroxylation sites is 1. The van der Waals surface area contributed by atoms with Gasteiger partial charge >= 0.3 is 0 Å². The van der Waals surface area contributed by atoms with Gasteiger partial charge in [0.05, 0.1) is 0 Å². The molecule has 1 aromatic heterocycles. The lowest BCUT2D eigenvalue weighted by Gasteiger charge is -2.26. The molecule has 0 amide bonds. The zero-order valence-corrected chi connectivity index (χ0v) is 27.4. The fourth-order valence-electron chi connectivity index (χ4n) is 6.93. The Morgan fingerprint density at radius 2 is 0.820 bits per heavy atom. The van der Waals surface area contributed by atoms with Crippen LogP contribution in [-0.2, 0) is 0 Å². The molecule has 236 valence electrons. The van der Waals surface area contributed by atoms with Crippen molar-refractivity contribution in [2.45, 2.75) is 0 Å². The summed E-state index contributed by atoms with van der Waals surface area (Å²) in [6.45, 7) is 0. The number of fused-ring (bicyclic) bond motifs is 2. The molecular formula is C48H33NO. The molecule has 0 spiro atoms. The van der Waals surface area contributed by atoms with Crippen molar-refractivity contribution in [1.29, 1.82) is 0 Å². The molecule has 0 N–H and O–H groups in total. The number of nitrogens with zero attached hydrogens (tertiary/aromatic N) is 1. The lowest BCUT2D eigenvalue weighted by Crippen LogP contribution is -2.09. The fraction of sp³-hybridized carbons (Fsp3) is 0. The maximum absolute atomic E-state index is 6.18. The van der Waals surface area contributed by atoms with Crippen molar-refractivity contribution in [3.05, 3.63) is 200 Å². The van der Waals surface area contributed by atoms with Crippen LogP contribution in [0.25, 0.3) is 66.4 Å². The van der Waals surface area contributed by atoms with E-state index in [1.165, 1.54) is 33.0 Å². The topological polar surface area (TPSA) is 16.4 Å².